The summed E-state index contributed by atoms with van der Waals surface area (Å²) in [5.41, 5.74) is -0.0326. The van der Waals surface area contributed by atoms with E-state index in [2.05, 4.69) is 20.0 Å². The molecule has 0 fully saturated rings. The third-order valence-electron chi connectivity index (χ3n) is 3.32. The second kappa shape index (κ2) is 6.86. The smallest absolute Gasteiger partial charge is 0.387 e. The van der Waals surface area contributed by atoms with E-state index in [1.54, 1.807) is 12.1 Å². The minimum Gasteiger partial charge on any atom is -0.434 e. The molecule has 1 heterocycles. The average Bonchev–Trinajstić information content (AvgIpc) is 2.57. The highest BCUT2D eigenvalue weighted by Crippen LogP contribution is 2.26. The lowest BCUT2D eigenvalue weighted by molar-refractivity contribution is -0.0501. The van der Waals surface area contributed by atoms with Crippen LogP contribution >= 0.6 is 11.6 Å². The number of anilines is 1. The van der Waals surface area contributed by atoms with Gasteiger partial charge >= 0.3 is 6.61 Å². The van der Waals surface area contributed by atoms with E-state index >= 15 is 0 Å². The maximum absolute atomic E-state index is 12.5. The zero-order valence-corrected chi connectivity index (χ0v) is 13.2. The van der Waals surface area contributed by atoms with Crippen LogP contribution in [0.5, 0.6) is 5.75 Å². The zero-order valence-electron chi connectivity index (χ0n) is 12.4. The fourth-order valence-corrected chi connectivity index (χ4v) is 2.44. The van der Waals surface area contributed by atoms with Crippen LogP contribution < -0.4 is 15.6 Å². The van der Waals surface area contributed by atoms with Crippen LogP contribution in [-0.2, 0) is 0 Å². The van der Waals surface area contributed by atoms with Crippen LogP contribution in [0.15, 0.2) is 47.5 Å². The molecule has 0 bridgehead atoms. The summed E-state index contributed by atoms with van der Waals surface area (Å²) in [5, 5.41) is 2.98. The molecule has 3 aromatic rings. The molecule has 128 valence electrons. The van der Waals surface area contributed by atoms with Crippen molar-refractivity contribution in [3.05, 3.63) is 63.7 Å². The van der Waals surface area contributed by atoms with Gasteiger partial charge in [0.2, 0.25) is 0 Å². The standard InChI is InChI=1S/C16H10ClF2N3O3/c17-8-4-5-12(25-16(18)19)10(6-8)15(24)22-11-3-1-2-9-13(11)20-7-21-14(9)23/h1-7,16H,(H,22,24)(H,20,21,23). The molecule has 0 radical (unpaired) electrons. The third kappa shape index (κ3) is 3.58. The average molecular weight is 366 g/mol. The van der Waals surface area contributed by atoms with Gasteiger partial charge in [-0.1, -0.05) is 17.7 Å². The highest BCUT2D eigenvalue weighted by Gasteiger charge is 2.18. The topological polar surface area (TPSA) is 84.1 Å². The number of alkyl halides is 2. The lowest BCUT2D eigenvalue weighted by Crippen LogP contribution is -2.16. The first-order valence-electron chi connectivity index (χ1n) is 6.98. The minimum absolute atomic E-state index is 0.172. The molecule has 0 aliphatic carbocycles. The number of fused-ring (bicyclic) bond motifs is 1. The maximum Gasteiger partial charge on any atom is 0.387 e. The van der Waals surface area contributed by atoms with E-state index in [1.807, 2.05) is 0 Å². The van der Waals surface area contributed by atoms with Crippen molar-refractivity contribution in [2.45, 2.75) is 6.61 Å². The number of hydrogen-bond donors (Lipinski definition) is 2. The van der Waals surface area contributed by atoms with Crippen LogP contribution in [0.1, 0.15) is 10.4 Å². The molecule has 3 rings (SSSR count). The molecule has 0 unspecified atom stereocenters. The van der Waals surface area contributed by atoms with Gasteiger partial charge in [-0.2, -0.15) is 8.78 Å². The lowest BCUT2D eigenvalue weighted by Gasteiger charge is -2.12. The quantitative estimate of drug-likeness (QED) is 0.742. The second-order valence-corrected chi connectivity index (χ2v) is 5.34. The fourth-order valence-electron chi connectivity index (χ4n) is 2.27. The Labute approximate surface area is 144 Å². The SMILES string of the molecule is O=C(Nc1cccc2c(=O)[nH]cnc12)c1cc(Cl)ccc1OC(F)F. The highest BCUT2D eigenvalue weighted by atomic mass is 35.5. The third-order valence-corrected chi connectivity index (χ3v) is 3.56. The first-order valence-corrected chi connectivity index (χ1v) is 7.35. The van der Waals surface area contributed by atoms with Gasteiger partial charge in [0, 0.05) is 5.02 Å². The monoisotopic (exact) mass is 365 g/mol. The lowest BCUT2D eigenvalue weighted by atomic mass is 10.1. The Balaban J connectivity index is 2.00. The number of H-pyrrole nitrogens is 1. The molecular weight excluding hydrogens is 356 g/mol. The number of nitrogens with zero attached hydrogens (tertiary/aromatic N) is 1. The zero-order chi connectivity index (χ0) is 18.0. The molecule has 0 aliphatic rings. The molecule has 9 heteroatoms. The van der Waals surface area contributed by atoms with Gasteiger partial charge < -0.3 is 15.0 Å². The van der Waals surface area contributed by atoms with E-state index < -0.39 is 12.5 Å². The summed E-state index contributed by atoms with van der Waals surface area (Å²) in [6, 6.07) is 8.35. The minimum atomic E-state index is -3.09. The molecular formula is C16H10ClF2N3O3. The largest absolute Gasteiger partial charge is 0.434 e. The summed E-state index contributed by atoms with van der Waals surface area (Å²) >= 11 is 5.84. The number of para-hydroxylation sites is 1. The molecule has 0 spiro atoms. The summed E-state index contributed by atoms with van der Waals surface area (Å²) < 4.78 is 29.4. The summed E-state index contributed by atoms with van der Waals surface area (Å²) in [5.74, 6) is -1.05. The molecule has 2 aromatic carbocycles. The number of amides is 1. The van der Waals surface area contributed by atoms with Crippen LogP contribution in [0, 0.1) is 0 Å². The van der Waals surface area contributed by atoms with E-state index in [0.717, 1.165) is 0 Å². The van der Waals surface area contributed by atoms with Crippen molar-refractivity contribution in [3.8, 4) is 5.75 Å². The molecule has 1 amide bonds. The Morgan fingerprint density at radius 2 is 2.08 bits per heavy atom. The summed E-state index contributed by atoms with van der Waals surface area (Å²) in [7, 11) is 0. The normalized spacial score (nSPS) is 10.9. The van der Waals surface area contributed by atoms with E-state index in [1.165, 1.54) is 30.6 Å². The van der Waals surface area contributed by atoms with Gasteiger partial charge in [0.25, 0.3) is 11.5 Å². The Bertz CT molecular complexity index is 1010. The van der Waals surface area contributed by atoms with E-state index in [4.69, 9.17) is 11.6 Å². The molecule has 6 nitrogen and oxygen atoms in total. The van der Waals surface area contributed by atoms with Crippen molar-refractivity contribution in [1.29, 1.82) is 0 Å². The number of aromatic nitrogens is 2. The van der Waals surface area contributed by atoms with E-state index in [-0.39, 0.29) is 38.5 Å². The van der Waals surface area contributed by atoms with E-state index in [9.17, 15) is 18.4 Å². The summed E-state index contributed by atoms with van der Waals surface area (Å²) in [4.78, 5) is 30.7. The number of halogens is 3. The number of carbonyl (C=O) groups excluding carboxylic acids is 1. The second-order valence-electron chi connectivity index (χ2n) is 4.91. The van der Waals surface area contributed by atoms with Gasteiger partial charge in [0.05, 0.1) is 23.0 Å². The van der Waals surface area contributed by atoms with Crippen molar-refractivity contribution in [3.63, 3.8) is 0 Å². The number of aromatic amines is 1. The van der Waals surface area contributed by atoms with Crippen LogP contribution in [0.4, 0.5) is 14.5 Å². The molecule has 0 saturated carbocycles. The van der Waals surface area contributed by atoms with Crippen LogP contribution in [0.25, 0.3) is 10.9 Å². The fraction of sp³-hybridized carbons (Fsp3) is 0.0625. The molecule has 25 heavy (non-hydrogen) atoms. The first kappa shape index (κ1) is 16.8. The summed E-state index contributed by atoms with van der Waals surface area (Å²) in [6.07, 6.45) is 1.20. The molecule has 2 N–H and O–H groups in total. The Hall–Kier alpha value is -3.00. The number of carbonyl (C=O) groups is 1. The number of ether oxygens (including phenoxy) is 1. The highest BCUT2D eigenvalue weighted by molar-refractivity contribution is 6.31. The molecule has 0 aliphatic heterocycles. The summed E-state index contributed by atoms with van der Waals surface area (Å²) in [6.45, 7) is -3.09. The van der Waals surface area contributed by atoms with Crippen LogP contribution in [0.2, 0.25) is 5.02 Å². The Kier molecular flexibility index (Phi) is 4.62. The number of rotatable bonds is 4. The predicted octanol–water partition coefficient (Wildman–Crippen LogP) is 3.43. The molecule has 0 atom stereocenters. The van der Waals surface area contributed by atoms with Crippen LogP contribution in [0.3, 0.4) is 0 Å². The van der Waals surface area contributed by atoms with Gasteiger partial charge in [-0.15, -0.1) is 0 Å². The first-order chi connectivity index (χ1) is 12.0. The van der Waals surface area contributed by atoms with Gasteiger partial charge in [-0.3, -0.25) is 9.59 Å². The van der Waals surface area contributed by atoms with Gasteiger partial charge in [-0.25, -0.2) is 4.98 Å². The van der Waals surface area contributed by atoms with Crippen LogP contribution in [-0.4, -0.2) is 22.5 Å². The molecule has 0 saturated heterocycles. The van der Waals surface area contributed by atoms with Gasteiger partial charge in [-0.05, 0) is 30.3 Å². The van der Waals surface area contributed by atoms with E-state index in [0.29, 0.717) is 0 Å². The predicted molar refractivity (Wildman–Crippen MR) is 88.4 cm³/mol. The Morgan fingerprint density at radius 1 is 1.28 bits per heavy atom. The van der Waals surface area contributed by atoms with Crippen molar-refractivity contribution in [2.75, 3.05) is 5.32 Å². The Morgan fingerprint density at radius 3 is 2.84 bits per heavy atom. The number of nitrogens with one attached hydrogen (secondary N) is 2. The van der Waals surface area contributed by atoms with Crippen molar-refractivity contribution >= 4 is 34.1 Å². The number of hydrogen-bond acceptors (Lipinski definition) is 4. The van der Waals surface area contributed by atoms with Crippen molar-refractivity contribution in [2.24, 2.45) is 0 Å². The van der Waals surface area contributed by atoms with Gasteiger partial charge in [0.1, 0.15) is 11.3 Å². The molecule has 1 aromatic heterocycles. The van der Waals surface area contributed by atoms with Crippen molar-refractivity contribution in [1.82, 2.24) is 9.97 Å². The number of benzene rings is 2. The van der Waals surface area contributed by atoms with Crippen molar-refractivity contribution < 1.29 is 18.3 Å². The van der Waals surface area contributed by atoms with Gasteiger partial charge in [0.15, 0.2) is 0 Å². The maximum atomic E-state index is 12.5.